The van der Waals surface area contributed by atoms with Gasteiger partial charge in [-0.3, -0.25) is 0 Å². The van der Waals surface area contributed by atoms with Gasteiger partial charge in [-0.25, -0.2) is 9.59 Å². The van der Waals surface area contributed by atoms with Crippen molar-refractivity contribution in [1.82, 2.24) is 4.31 Å². The van der Waals surface area contributed by atoms with Crippen molar-refractivity contribution in [3.05, 3.63) is 0 Å². The predicted molar refractivity (Wildman–Crippen MR) is 43.7 cm³/mol. The lowest BCUT2D eigenvalue weighted by molar-refractivity contribution is 0.220. The maximum absolute atomic E-state index is 10.5. The van der Waals surface area contributed by atoms with Gasteiger partial charge < -0.3 is 11.5 Å². The largest absolute Gasteiger partial charge is 0.350 e. The molecule has 0 saturated carbocycles. The van der Waals surface area contributed by atoms with Gasteiger partial charge in [0.05, 0.1) is 0 Å². The number of hydrogen-bond donors (Lipinski definition) is 2. The van der Waals surface area contributed by atoms with Crippen LogP contribution in [-0.2, 0) is 0 Å². The third-order valence-electron chi connectivity index (χ3n) is 0.717. The van der Waals surface area contributed by atoms with Gasteiger partial charge in [0.15, 0.2) is 0 Å². The van der Waals surface area contributed by atoms with Gasteiger partial charge in [0.1, 0.15) is 0 Å². The summed E-state index contributed by atoms with van der Waals surface area (Å²) in [5.74, 6) is 0. The van der Waals surface area contributed by atoms with Crippen LogP contribution in [0.3, 0.4) is 0 Å². The third kappa shape index (κ3) is 3.72. The van der Waals surface area contributed by atoms with Crippen molar-refractivity contribution in [2.45, 2.75) is 19.1 Å². The predicted octanol–water partition coefficient (Wildman–Crippen LogP) is 0.502. The van der Waals surface area contributed by atoms with Crippen molar-refractivity contribution < 1.29 is 9.59 Å². The first kappa shape index (κ1) is 10.1. The normalized spacial score (nSPS) is 9.73. The molecule has 0 unspecified atom stereocenters. The minimum Gasteiger partial charge on any atom is -0.350 e. The number of amides is 4. The first-order valence-corrected chi connectivity index (χ1v) is 3.84. The average Bonchev–Trinajstić information content (AvgIpc) is 1.81. The van der Waals surface area contributed by atoms with E-state index in [1.165, 1.54) is 0 Å². The lowest BCUT2D eigenvalue weighted by Gasteiger charge is -2.15. The Morgan fingerprint density at radius 2 is 1.64 bits per heavy atom. The smallest absolute Gasteiger partial charge is 0.333 e. The first-order chi connectivity index (χ1) is 4.95. The van der Waals surface area contributed by atoms with Crippen LogP contribution in [0.25, 0.3) is 0 Å². The third-order valence-corrected chi connectivity index (χ3v) is 1.71. The van der Waals surface area contributed by atoms with E-state index in [0.717, 1.165) is 16.3 Å². The molecule has 0 aromatic carbocycles. The van der Waals surface area contributed by atoms with Gasteiger partial charge in [0.2, 0.25) is 0 Å². The lowest BCUT2D eigenvalue weighted by atomic mass is 10.6. The molecule has 0 bridgehead atoms. The average molecular weight is 177 g/mol. The quantitative estimate of drug-likeness (QED) is 0.602. The number of carbonyl (C=O) groups is 2. The Morgan fingerprint density at radius 3 is 1.73 bits per heavy atom. The maximum atomic E-state index is 10.5. The second kappa shape index (κ2) is 4.07. The standard InChI is InChI=1S/C5H11N3O2S/c1-3(2)11-8(4(6)9)5(7)10/h3H,1-2H3,(H2,6,9)(H2,7,10). The van der Waals surface area contributed by atoms with Crippen LogP contribution < -0.4 is 11.5 Å². The van der Waals surface area contributed by atoms with Crippen molar-refractivity contribution in [3.8, 4) is 0 Å². The molecule has 0 aliphatic rings. The molecule has 0 aromatic heterocycles. The van der Waals surface area contributed by atoms with Gasteiger partial charge in [-0.2, -0.15) is 4.31 Å². The number of nitrogens with two attached hydrogens (primary N) is 2. The lowest BCUT2D eigenvalue weighted by Crippen LogP contribution is -2.39. The van der Waals surface area contributed by atoms with E-state index in [-0.39, 0.29) is 5.25 Å². The highest BCUT2D eigenvalue weighted by Gasteiger charge is 2.17. The van der Waals surface area contributed by atoms with E-state index >= 15 is 0 Å². The van der Waals surface area contributed by atoms with Gasteiger partial charge in [0, 0.05) is 5.25 Å². The SMILES string of the molecule is CC(C)SN(C(N)=O)C(N)=O. The highest BCUT2D eigenvalue weighted by atomic mass is 32.2. The molecular formula is C5H11N3O2S. The number of imide groups is 1. The van der Waals surface area contributed by atoms with Crippen LogP contribution in [0.2, 0.25) is 0 Å². The summed E-state index contributed by atoms with van der Waals surface area (Å²) >= 11 is 1.000. The van der Waals surface area contributed by atoms with E-state index in [9.17, 15) is 9.59 Å². The van der Waals surface area contributed by atoms with Crippen LogP contribution in [0.15, 0.2) is 0 Å². The Balaban J connectivity index is 4.12. The van der Waals surface area contributed by atoms with E-state index in [1.807, 2.05) is 13.8 Å². The first-order valence-electron chi connectivity index (χ1n) is 3.01. The number of rotatable bonds is 2. The molecule has 5 nitrogen and oxygen atoms in total. The fourth-order valence-electron chi connectivity index (χ4n) is 0.423. The zero-order chi connectivity index (χ0) is 9.02. The fraction of sp³-hybridized carbons (Fsp3) is 0.600. The molecule has 11 heavy (non-hydrogen) atoms. The van der Waals surface area contributed by atoms with Gasteiger partial charge in [-0.1, -0.05) is 13.8 Å². The van der Waals surface area contributed by atoms with Crippen molar-refractivity contribution >= 4 is 24.0 Å². The Bertz CT molecular complexity index is 157. The summed E-state index contributed by atoms with van der Waals surface area (Å²) in [7, 11) is 0. The van der Waals surface area contributed by atoms with Crippen LogP contribution in [0, 0.1) is 0 Å². The van der Waals surface area contributed by atoms with E-state index in [0.29, 0.717) is 0 Å². The molecule has 4 N–H and O–H groups in total. The molecule has 0 aliphatic carbocycles. The fourth-order valence-corrected chi connectivity index (χ4v) is 1.05. The van der Waals surface area contributed by atoms with E-state index < -0.39 is 12.1 Å². The minimum atomic E-state index is -0.837. The molecule has 4 amide bonds. The maximum Gasteiger partial charge on any atom is 0.333 e. The summed E-state index contributed by atoms with van der Waals surface area (Å²) in [6.45, 7) is 3.65. The van der Waals surface area contributed by atoms with Crippen LogP contribution in [-0.4, -0.2) is 21.6 Å². The molecule has 0 spiro atoms. The molecule has 6 heteroatoms. The van der Waals surface area contributed by atoms with E-state index in [4.69, 9.17) is 11.5 Å². The number of carbonyl (C=O) groups excluding carboxylic acids is 2. The molecule has 0 aromatic rings. The van der Waals surface area contributed by atoms with Gasteiger partial charge in [0.25, 0.3) is 0 Å². The topological polar surface area (TPSA) is 89.4 Å². The number of hydrogen-bond acceptors (Lipinski definition) is 3. The molecule has 0 saturated heterocycles. The second-order valence-corrected chi connectivity index (χ2v) is 3.64. The molecular weight excluding hydrogens is 166 g/mol. The highest BCUT2D eigenvalue weighted by molar-refractivity contribution is 7.98. The van der Waals surface area contributed by atoms with Crippen molar-refractivity contribution in [2.24, 2.45) is 11.5 Å². The summed E-state index contributed by atoms with van der Waals surface area (Å²) < 4.78 is 0.727. The minimum absolute atomic E-state index is 0.0926. The number of nitrogens with zero attached hydrogens (tertiary/aromatic N) is 1. The molecule has 0 rings (SSSR count). The Kier molecular flexibility index (Phi) is 3.73. The summed E-state index contributed by atoms with van der Waals surface area (Å²) in [5, 5.41) is 0.0926. The molecule has 0 radical (unpaired) electrons. The van der Waals surface area contributed by atoms with Crippen molar-refractivity contribution in [2.75, 3.05) is 0 Å². The van der Waals surface area contributed by atoms with Crippen LogP contribution in [0.5, 0.6) is 0 Å². The molecule has 0 atom stereocenters. The molecule has 0 heterocycles. The van der Waals surface area contributed by atoms with Crippen molar-refractivity contribution in [3.63, 3.8) is 0 Å². The van der Waals surface area contributed by atoms with Gasteiger partial charge in [-0.15, -0.1) is 0 Å². The van der Waals surface area contributed by atoms with Crippen LogP contribution in [0.4, 0.5) is 9.59 Å². The number of urea groups is 2. The summed E-state index contributed by atoms with van der Waals surface area (Å²) in [4.78, 5) is 21.0. The van der Waals surface area contributed by atoms with Crippen LogP contribution in [0.1, 0.15) is 13.8 Å². The number of primary amides is 2. The van der Waals surface area contributed by atoms with E-state index in [1.54, 1.807) is 0 Å². The van der Waals surface area contributed by atoms with Crippen molar-refractivity contribution in [1.29, 1.82) is 0 Å². The summed E-state index contributed by atoms with van der Waals surface area (Å²) in [5.41, 5.74) is 9.70. The highest BCUT2D eigenvalue weighted by Crippen LogP contribution is 2.14. The second-order valence-electron chi connectivity index (χ2n) is 2.13. The van der Waals surface area contributed by atoms with Gasteiger partial charge in [-0.05, 0) is 11.9 Å². The summed E-state index contributed by atoms with van der Waals surface area (Å²) in [6, 6.07) is -1.67. The Morgan fingerprint density at radius 1 is 1.27 bits per heavy atom. The Hall–Kier alpha value is -0.910. The monoisotopic (exact) mass is 177 g/mol. The summed E-state index contributed by atoms with van der Waals surface area (Å²) in [6.07, 6.45) is 0. The van der Waals surface area contributed by atoms with Crippen LogP contribution >= 0.6 is 11.9 Å². The van der Waals surface area contributed by atoms with E-state index in [2.05, 4.69) is 0 Å². The molecule has 0 aliphatic heterocycles. The van der Waals surface area contributed by atoms with Gasteiger partial charge >= 0.3 is 12.1 Å². The zero-order valence-electron chi connectivity index (χ0n) is 6.40. The Labute approximate surface area is 69.2 Å². The molecule has 64 valence electrons. The molecule has 0 fully saturated rings. The zero-order valence-corrected chi connectivity index (χ0v) is 7.22.